The molecule has 0 atom stereocenters. The summed E-state index contributed by atoms with van der Waals surface area (Å²) in [5, 5.41) is 3.69. The van der Waals surface area contributed by atoms with Crippen molar-refractivity contribution in [1.82, 2.24) is 10.3 Å². The Morgan fingerprint density at radius 3 is 2.52 bits per heavy atom. The molecule has 0 aliphatic heterocycles. The number of para-hydroxylation sites is 1. The molecule has 0 saturated heterocycles. The van der Waals surface area contributed by atoms with Crippen molar-refractivity contribution >= 4 is 39.2 Å². The molecule has 0 bridgehead atoms. The predicted molar refractivity (Wildman–Crippen MR) is 94.0 cm³/mol. The monoisotopic (exact) mass is 382 g/mol. The van der Waals surface area contributed by atoms with Crippen LogP contribution in [0.3, 0.4) is 0 Å². The fraction of sp³-hybridized carbons (Fsp3) is 0.176. The maximum Gasteiger partial charge on any atom is 0.446 e. The molecule has 0 unspecified atom stereocenters. The zero-order chi connectivity index (χ0) is 17.9. The Morgan fingerprint density at radius 2 is 1.84 bits per heavy atom. The van der Waals surface area contributed by atoms with Crippen LogP contribution in [0.25, 0.3) is 10.2 Å². The van der Waals surface area contributed by atoms with Crippen molar-refractivity contribution in [2.45, 2.75) is 16.8 Å². The number of amides is 1. The highest BCUT2D eigenvalue weighted by Gasteiger charge is 2.29. The third-order valence-electron chi connectivity index (χ3n) is 3.31. The summed E-state index contributed by atoms with van der Waals surface area (Å²) in [5.41, 5.74) is -3.07. The van der Waals surface area contributed by atoms with Gasteiger partial charge in [-0.05, 0) is 48.2 Å². The van der Waals surface area contributed by atoms with Crippen LogP contribution in [0.2, 0.25) is 0 Å². The van der Waals surface area contributed by atoms with Crippen molar-refractivity contribution in [2.24, 2.45) is 0 Å². The SMILES string of the molecule is O=C(NCCc1nc2ccccc2s1)c1ccc(SC(F)(F)F)cc1. The molecule has 25 heavy (non-hydrogen) atoms. The maximum absolute atomic E-state index is 12.3. The molecule has 0 aliphatic carbocycles. The summed E-state index contributed by atoms with van der Waals surface area (Å²) in [7, 11) is 0. The Balaban J connectivity index is 1.53. The van der Waals surface area contributed by atoms with E-state index in [9.17, 15) is 18.0 Å². The van der Waals surface area contributed by atoms with Gasteiger partial charge in [-0.2, -0.15) is 13.2 Å². The van der Waals surface area contributed by atoms with Crippen molar-refractivity contribution < 1.29 is 18.0 Å². The Hall–Kier alpha value is -2.06. The van der Waals surface area contributed by atoms with Crippen molar-refractivity contribution in [3.8, 4) is 0 Å². The zero-order valence-corrected chi connectivity index (χ0v) is 14.5. The number of hydrogen-bond donors (Lipinski definition) is 1. The smallest absolute Gasteiger partial charge is 0.352 e. The van der Waals surface area contributed by atoms with Gasteiger partial charge in [-0.15, -0.1) is 11.3 Å². The van der Waals surface area contributed by atoms with Crippen LogP contribution >= 0.6 is 23.1 Å². The Morgan fingerprint density at radius 1 is 1.12 bits per heavy atom. The lowest BCUT2D eigenvalue weighted by atomic mass is 10.2. The minimum atomic E-state index is -4.33. The number of alkyl halides is 3. The number of aromatic nitrogens is 1. The summed E-state index contributed by atoms with van der Waals surface area (Å²) < 4.78 is 38.0. The van der Waals surface area contributed by atoms with E-state index in [-0.39, 0.29) is 22.6 Å². The Kier molecular flexibility index (Phi) is 5.29. The number of hydrogen-bond acceptors (Lipinski definition) is 4. The molecule has 3 nitrogen and oxygen atoms in total. The summed E-state index contributed by atoms with van der Waals surface area (Å²) in [5.74, 6) is -0.315. The number of fused-ring (bicyclic) bond motifs is 1. The molecule has 3 rings (SSSR count). The van der Waals surface area contributed by atoms with Crippen LogP contribution < -0.4 is 5.32 Å². The molecule has 0 saturated carbocycles. The van der Waals surface area contributed by atoms with E-state index < -0.39 is 5.51 Å². The number of rotatable bonds is 5. The van der Waals surface area contributed by atoms with E-state index in [0.29, 0.717) is 18.5 Å². The quantitative estimate of drug-likeness (QED) is 0.640. The molecule has 0 radical (unpaired) electrons. The summed E-state index contributed by atoms with van der Waals surface area (Å²) >= 11 is 1.38. The van der Waals surface area contributed by atoms with Gasteiger partial charge < -0.3 is 5.32 Å². The average molecular weight is 382 g/mol. The zero-order valence-electron chi connectivity index (χ0n) is 12.8. The van der Waals surface area contributed by atoms with Gasteiger partial charge in [-0.1, -0.05) is 12.1 Å². The summed E-state index contributed by atoms with van der Waals surface area (Å²) in [4.78, 5) is 16.6. The van der Waals surface area contributed by atoms with Crippen LogP contribution in [0.15, 0.2) is 53.4 Å². The third-order valence-corrected chi connectivity index (χ3v) is 5.15. The first-order chi connectivity index (χ1) is 11.9. The molecular formula is C17H13F3N2OS2. The van der Waals surface area contributed by atoms with Crippen LogP contribution in [0, 0.1) is 0 Å². The van der Waals surface area contributed by atoms with Gasteiger partial charge in [-0.3, -0.25) is 4.79 Å². The summed E-state index contributed by atoms with van der Waals surface area (Å²) in [6.45, 7) is 0.414. The van der Waals surface area contributed by atoms with E-state index in [1.54, 1.807) is 11.3 Å². The normalized spacial score (nSPS) is 11.6. The average Bonchev–Trinajstić information content (AvgIpc) is 2.96. The number of carbonyl (C=O) groups excluding carboxylic acids is 1. The van der Waals surface area contributed by atoms with Gasteiger partial charge >= 0.3 is 5.51 Å². The van der Waals surface area contributed by atoms with Gasteiger partial charge in [-0.25, -0.2) is 4.98 Å². The van der Waals surface area contributed by atoms with Gasteiger partial charge in [0.25, 0.3) is 5.91 Å². The molecular weight excluding hydrogens is 369 g/mol. The molecule has 2 aromatic carbocycles. The van der Waals surface area contributed by atoms with E-state index in [0.717, 1.165) is 15.2 Å². The minimum absolute atomic E-state index is 0.0542. The standard InChI is InChI=1S/C17H13F3N2OS2/c18-17(19,20)25-12-7-5-11(6-8-12)16(23)21-10-9-15-22-13-3-1-2-4-14(13)24-15/h1-8H,9-10H2,(H,21,23). The predicted octanol–water partition coefficient (Wildman–Crippen LogP) is 4.88. The second-order valence-corrected chi connectivity index (χ2v) is 7.41. The molecule has 130 valence electrons. The van der Waals surface area contributed by atoms with Crippen LogP contribution in [0.5, 0.6) is 0 Å². The first-order valence-electron chi connectivity index (χ1n) is 7.39. The topological polar surface area (TPSA) is 42.0 Å². The summed E-state index contributed by atoms with van der Waals surface area (Å²) in [6, 6.07) is 13.2. The molecule has 0 fully saturated rings. The van der Waals surface area contributed by atoms with Crippen LogP contribution in [0.1, 0.15) is 15.4 Å². The number of carbonyl (C=O) groups is 1. The first kappa shape index (κ1) is 17.8. The number of nitrogens with zero attached hydrogens (tertiary/aromatic N) is 1. The molecule has 1 amide bonds. The highest BCUT2D eigenvalue weighted by Crippen LogP contribution is 2.36. The van der Waals surface area contributed by atoms with Gasteiger partial charge in [0.2, 0.25) is 0 Å². The lowest BCUT2D eigenvalue weighted by Crippen LogP contribution is -2.25. The fourth-order valence-corrected chi connectivity index (χ4v) is 3.73. The van der Waals surface area contributed by atoms with Gasteiger partial charge in [0.1, 0.15) is 0 Å². The molecule has 0 aliphatic rings. The Labute approximate surface area is 150 Å². The van der Waals surface area contributed by atoms with Crippen LogP contribution in [-0.2, 0) is 6.42 Å². The number of benzene rings is 2. The second kappa shape index (κ2) is 7.45. The Bertz CT molecular complexity index is 842. The molecule has 8 heteroatoms. The molecule has 0 spiro atoms. The largest absolute Gasteiger partial charge is 0.446 e. The van der Waals surface area contributed by atoms with Crippen molar-refractivity contribution in [3.05, 3.63) is 59.1 Å². The molecule has 3 aromatic rings. The molecule has 1 N–H and O–H groups in total. The van der Waals surface area contributed by atoms with E-state index in [4.69, 9.17) is 0 Å². The summed E-state index contributed by atoms with van der Waals surface area (Å²) in [6.07, 6.45) is 0.604. The molecule has 1 heterocycles. The van der Waals surface area contributed by atoms with Gasteiger partial charge in [0.05, 0.1) is 15.2 Å². The minimum Gasteiger partial charge on any atom is -0.352 e. The molecule has 1 aromatic heterocycles. The maximum atomic E-state index is 12.3. The number of thioether (sulfide) groups is 1. The van der Waals surface area contributed by atoms with E-state index in [2.05, 4.69) is 10.3 Å². The third kappa shape index (κ3) is 4.96. The number of halogens is 3. The number of thiazole rings is 1. The van der Waals surface area contributed by atoms with Crippen molar-refractivity contribution in [2.75, 3.05) is 6.54 Å². The number of nitrogens with one attached hydrogen (secondary N) is 1. The first-order valence-corrected chi connectivity index (χ1v) is 9.02. The highest BCUT2D eigenvalue weighted by atomic mass is 32.2. The highest BCUT2D eigenvalue weighted by molar-refractivity contribution is 8.00. The van der Waals surface area contributed by atoms with Gasteiger partial charge in [0.15, 0.2) is 0 Å². The van der Waals surface area contributed by atoms with Crippen molar-refractivity contribution in [1.29, 1.82) is 0 Å². The fourth-order valence-electron chi connectivity index (χ4n) is 2.22. The van der Waals surface area contributed by atoms with Gasteiger partial charge in [0, 0.05) is 23.4 Å². The van der Waals surface area contributed by atoms with E-state index >= 15 is 0 Å². The second-order valence-electron chi connectivity index (χ2n) is 5.15. The lowest BCUT2D eigenvalue weighted by Gasteiger charge is -2.07. The van der Waals surface area contributed by atoms with Crippen LogP contribution in [0.4, 0.5) is 13.2 Å². The van der Waals surface area contributed by atoms with E-state index in [1.165, 1.54) is 24.3 Å². The van der Waals surface area contributed by atoms with E-state index in [1.807, 2.05) is 24.3 Å². The lowest BCUT2D eigenvalue weighted by molar-refractivity contribution is -0.0328. The van der Waals surface area contributed by atoms with Crippen LogP contribution in [-0.4, -0.2) is 22.9 Å². The van der Waals surface area contributed by atoms with Crippen molar-refractivity contribution in [3.63, 3.8) is 0 Å².